The molecule has 1 unspecified atom stereocenters. The fourth-order valence-corrected chi connectivity index (χ4v) is 3.06. The van der Waals surface area contributed by atoms with E-state index in [2.05, 4.69) is 0 Å². The molecular weight excluding hydrogens is 364 g/mol. The van der Waals surface area contributed by atoms with Gasteiger partial charge in [-0.3, -0.25) is 9.59 Å². The minimum Gasteiger partial charge on any atom is -0.459 e. The lowest BCUT2D eigenvalue weighted by Crippen LogP contribution is -2.39. The van der Waals surface area contributed by atoms with Gasteiger partial charge in [0.05, 0.1) is 12.0 Å². The molecule has 0 saturated carbocycles. The van der Waals surface area contributed by atoms with E-state index in [-0.39, 0.29) is 24.8 Å². The first-order valence-electron chi connectivity index (χ1n) is 10.0. The van der Waals surface area contributed by atoms with Crippen LogP contribution in [0, 0.1) is 6.92 Å². The van der Waals surface area contributed by atoms with E-state index in [1.807, 2.05) is 89.2 Å². The molecule has 0 bridgehead atoms. The summed E-state index contributed by atoms with van der Waals surface area (Å²) in [5.41, 5.74) is 1.47. The van der Waals surface area contributed by atoms with E-state index in [4.69, 9.17) is 9.47 Å². The van der Waals surface area contributed by atoms with E-state index in [1.54, 1.807) is 0 Å². The molecule has 0 fully saturated rings. The normalized spacial score (nSPS) is 13.6. The molecule has 0 N–H and O–H groups in total. The van der Waals surface area contributed by atoms with Gasteiger partial charge in [0.2, 0.25) is 0 Å². The molecule has 0 saturated heterocycles. The molecule has 0 aliphatic rings. The second kappa shape index (κ2) is 9.84. The monoisotopic (exact) mass is 396 g/mol. The lowest BCUT2D eigenvalue weighted by atomic mass is 9.77. The lowest BCUT2D eigenvalue weighted by Gasteiger charge is -2.32. The Kier molecular flexibility index (Phi) is 7.74. The first-order valence-corrected chi connectivity index (χ1v) is 10.0. The van der Waals surface area contributed by atoms with Gasteiger partial charge in [-0.15, -0.1) is 0 Å². The third-order valence-corrected chi connectivity index (χ3v) is 4.78. The maximum atomic E-state index is 13.0. The van der Waals surface area contributed by atoms with Crippen LogP contribution in [0.4, 0.5) is 0 Å². The summed E-state index contributed by atoms with van der Waals surface area (Å²) in [5, 5.41) is 0. The Morgan fingerprint density at radius 1 is 0.931 bits per heavy atom. The molecule has 2 aromatic rings. The van der Waals surface area contributed by atoms with Crippen molar-refractivity contribution in [1.82, 2.24) is 0 Å². The molecule has 2 aromatic carbocycles. The van der Waals surface area contributed by atoms with Crippen molar-refractivity contribution in [3.63, 3.8) is 0 Å². The number of ketones is 1. The number of hydrogen-bond acceptors (Lipinski definition) is 4. The van der Waals surface area contributed by atoms with Gasteiger partial charge < -0.3 is 9.47 Å². The van der Waals surface area contributed by atoms with Crippen molar-refractivity contribution < 1.29 is 19.1 Å². The van der Waals surface area contributed by atoms with Crippen LogP contribution in [0.25, 0.3) is 0 Å². The van der Waals surface area contributed by atoms with E-state index in [9.17, 15) is 9.59 Å². The summed E-state index contributed by atoms with van der Waals surface area (Å²) in [6.45, 7) is 9.83. The van der Waals surface area contributed by atoms with E-state index >= 15 is 0 Å². The Hall–Kier alpha value is -2.46. The van der Waals surface area contributed by atoms with Crippen LogP contribution in [-0.2, 0) is 31.1 Å². The standard InChI is InChI=1S/C25H32O4/c1-19-10-9-13-21(16-19)25(5,23(27)29-24(2,3)4)15-14-22(26)18-28-17-20-11-7-6-8-12-20/h6-13,16H,14-15,17-18H2,1-5H3. The van der Waals surface area contributed by atoms with Gasteiger partial charge in [0.1, 0.15) is 12.2 Å². The fourth-order valence-electron chi connectivity index (χ4n) is 3.06. The maximum absolute atomic E-state index is 13.0. The molecule has 0 heterocycles. The Balaban J connectivity index is 2.03. The predicted molar refractivity (Wildman–Crippen MR) is 115 cm³/mol. The van der Waals surface area contributed by atoms with Gasteiger partial charge in [0.15, 0.2) is 5.78 Å². The number of hydrogen-bond donors (Lipinski definition) is 0. The van der Waals surface area contributed by atoms with Gasteiger partial charge in [-0.25, -0.2) is 0 Å². The summed E-state index contributed by atoms with van der Waals surface area (Å²) in [7, 11) is 0. The van der Waals surface area contributed by atoms with Crippen LogP contribution in [0.15, 0.2) is 54.6 Å². The molecule has 0 aliphatic carbocycles. The molecule has 0 radical (unpaired) electrons. The highest BCUT2D eigenvalue weighted by atomic mass is 16.6. The zero-order valence-electron chi connectivity index (χ0n) is 18.2. The number of carbonyl (C=O) groups excluding carboxylic acids is 2. The molecule has 4 nitrogen and oxygen atoms in total. The van der Waals surface area contributed by atoms with Gasteiger partial charge in [-0.2, -0.15) is 0 Å². The van der Waals surface area contributed by atoms with Gasteiger partial charge in [-0.05, 0) is 52.2 Å². The molecule has 0 amide bonds. The van der Waals surface area contributed by atoms with Crippen LogP contribution >= 0.6 is 0 Å². The molecule has 0 aliphatic heterocycles. The molecule has 2 rings (SSSR count). The Morgan fingerprint density at radius 2 is 1.62 bits per heavy atom. The van der Waals surface area contributed by atoms with E-state index < -0.39 is 11.0 Å². The average Bonchev–Trinajstić information content (AvgIpc) is 2.65. The summed E-state index contributed by atoms with van der Waals surface area (Å²) < 4.78 is 11.2. The fraction of sp³-hybridized carbons (Fsp3) is 0.440. The zero-order chi connectivity index (χ0) is 21.5. The predicted octanol–water partition coefficient (Wildman–Crippen LogP) is 5.16. The summed E-state index contributed by atoms with van der Waals surface area (Å²) in [4.78, 5) is 25.4. The van der Waals surface area contributed by atoms with Crippen LogP contribution in [0.5, 0.6) is 0 Å². The van der Waals surface area contributed by atoms with Crippen molar-refractivity contribution in [3.05, 3.63) is 71.3 Å². The van der Waals surface area contributed by atoms with Crippen LogP contribution in [-0.4, -0.2) is 24.0 Å². The van der Waals surface area contributed by atoms with Gasteiger partial charge in [0.25, 0.3) is 0 Å². The molecule has 4 heteroatoms. The highest BCUT2D eigenvalue weighted by molar-refractivity contribution is 5.85. The van der Waals surface area contributed by atoms with Crippen LogP contribution in [0.3, 0.4) is 0 Å². The first kappa shape index (κ1) is 22.8. The molecule has 0 spiro atoms. The molecule has 29 heavy (non-hydrogen) atoms. The van der Waals surface area contributed by atoms with Crippen molar-refractivity contribution in [1.29, 1.82) is 0 Å². The largest absolute Gasteiger partial charge is 0.459 e. The molecular formula is C25H32O4. The number of rotatable bonds is 9. The minimum atomic E-state index is -0.894. The summed E-state index contributed by atoms with van der Waals surface area (Å²) in [6.07, 6.45) is 0.622. The minimum absolute atomic E-state index is 0.0247. The first-order chi connectivity index (χ1) is 13.6. The average molecular weight is 397 g/mol. The van der Waals surface area contributed by atoms with Crippen LogP contribution in [0.2, 0.25) is 0 Å². The van der Waals surface area contributed by atoms with Crippen molar-refractivity contribution in [2.45, 2.75) is 65.1 Å². The van der Waals surface area contributed by atoms with Crippen LogP contribution < -0.4 is 0 Å². The summed E-state index contributed by atoms with van der Waals surface area (Å²) in [5.74, 6) is -0.336. The van der Waals surface area contributed by atoms with Gasteiger partial charge >= 0.3 is 5.97 Å². The van der Waals surface area contributed by atoms with Crippen molar-refractivity contribution in [3.8, 4) is 0 Å². The second-order valence-electron chi connectivity index (χ2n) is 8.72. The number of aryl methyl sites for hydroxylation is 1. The topological polar surface area (TPSA) is 52.6 Å². The van der Waals surface area contributed by atoms with E-state index in [0.29, 0.717) is 13.0 Å². The van der Waals surface area contributed by atoms with Crippen LogP contribution in [0.1, 0.15) is 57.2 Å². The number of esters is 1. The number of carbonyl (C=O) groups is 2. The molecule has 0 aromatic heterocycles. The quantitative estimate of drug-likeness (QED) is 0.549. The smallest absolute Gasteiger partial charge is 0.316 e. The number of ether oxygens (including phenoxy) is 2. The van der Waals surface area contributed by atoms with E-state index in [0.717, 1.165) is 16.7 Å². The van der Waals surface area contributed by atoms with Crippen molar-refractivity contribution >= 4 is 11.8 Å². The summed E-state index contributed by atoms with van der Waals surface area (Å²) in [6, 6.07) is 17.6. The molecule has 1 atom stereocenters. The van der Waals surface area contributed by atoms with Crippen molar-refractivity contribution in [2.24, 2.45) is 0 Å². The molecule has 156 valence electrons. The van der Waals surface area contributed by atoms with Crippen molar-refractivity contribution in [2.75, 3.05) is 6.61 Å². The summed E-state index contributed by atoms with van der Waals surface area (Å²) >= 11 is 0. The number of benzene rings is 2. The Labute approximate surface area is 174 Å². The third kappa shape index (κ3) is 7.13. The van der Waals surface area contributed by atoms with Gasteiger partial charge in [0, 0.05) is 6.42 Å². The van der Waals surface area contributed by atoms with E-state index in [1.165, 1.54) is 0 Å². The number of Topliss-reactive ketones (excluding diaryl/α,β-unsaturated/α-hetero) is 1. The second-order valence-corrected chi connectivity index (χ2v) is 8.72. The highest BCUT2D eigenvalue weighted by Gasteiger charge is 2.39. The zero-order valence-corrected chi connectivity index (χ0v) is 18.2. The van der Waals surface area contributed by atoms with Gasteiger partial charge in [-0.1, -0.05) is 60.2 Å². The lowest BCUT2D eigenvalue weighted by molar-refractivity contribution is -0.162. The third-order valence-electron chi connectivity index (χ3n) is 4.78. The highest BCUT2D eigenvalue weighted by Crippen LogP contribution is 2.33. The maximum Gasteiger partial charge on any atom is 0.316 e. The Bertz CT molecular complexity index is 820. The Morgan fingerprint density at radius 3 is 2.24 bits per heavy atom. The SMILES string of the molecule is Cc1cccc(C(C)(CCC(=O)COCc2ccccc2)C(=O)OC(C)(C)C)c1.